The van der Waals surface area contributed by atoms with Crippen molar-refractivity contribution in [2.75, 3.05) is 0 Å². The molecule has 2 aliphatic rings. The van der Waals surface area contributed by atoms with E-state index in [1.807, 2.05) is 0 Å². The van der Waals surface area contributed by atoms with E-state index in [2.05, 4.69) is 43.8 Å². The van der Waals surface area contributed by atoms with E-state index in [1.54, 1.807) is 4.90 Å². The molecule has 2 saturated carbocycles. The summed E-state index contributed by atoms with van der Waals surface area (Å²) in [5.74, 6) is 2.08. The first-order valence-electron chi connectivity index (χ1n) is 6.48. The number of thioether (sulfide) groups is 1. The summed E-state index contributed by atoms with van der Waals surface area (Å²) < 4.78 is 0. The van der Waals surface area contributed by atoms with Crippen LogP contribution in [0.15, 0.2) is 23.1 Å². The van der Waals surface area contributed by atoms with Crippen molar-refractivity contribution in [3.63, 3.8) is 0 Å². The largest absolute Gasteiger partial charge is 0.122 e. The molecule has 0 atom stereocenters. The molecule has 0 saturated heterocycles. The van der Waals surface area contributed by atoms with Crippen molar-refractivity contribution >= 4 is 11.8 Å². The summed E-state index contributed by atoms with van der Waals surface area (Å²) >= 11 is 2.18. The zero-order valence-corrected chi connectivity index (χ0v) is 11.0. The molecule has 1 heteroatoms. The molecule has 2 aliphatic carbocycles. The second-order valence-electron chi connectivity index (χ2n) is 5.48. The SMILES string of the molecule is Cc1cccc(C)c1SC(C1CC1)C1CC1. The second kappa shape index (κ2) is 4.10. The molecule has 0 N–H and O–H groups in total. The predicted octanol–water partition coefficient (Wildman–Crippen LogP) is 4.58. The summed E-state index contributed by atoms with van der Waals surface area (Å²) in [5.41, 5.74) is 2.94. The third-order valence-electron chi connectivity index (χ3n) is 3.84. The molecular weight excluding hydrogens is 212 g/mol. The van der Waals surface area contributed by atoms with Crippen LogP contribution in [-0.4, -0.2) is 5.25 Å². The Labute approximate surface area is 103 Å². The summed E-state index contributed by atoms with van der Waals surface area (Å²) in [6, 6.07) is 6.69. The smallest absolute Gasteiger partial charge is 0.0151 e. The Balaban J connectivity index is 1.81. The second-order valence-corrected chi connectivity index (χ2v) is 6.67. The van der Waals surface area contributed by atoms with Gasteiger partial charge in [0.05, 0.1) is 0 Å². The molecule has 0 heterocycles. The maximum absolute atomic E-state index is 2.26. The van der Waals surface area contributed by atoms with Gasteiger partial charge < -0.3 is 0 Å². The lowest BCUT2D eigenvalue weighted by molar-refractivity contribution is 0.673. The molecule has 0 nitrogen and oxygen atoms in total. The Hall–Kier alpha value is -0.430. The Morgan fingerprint density at radius 1 is 1.00 bits per heavy atom. The fraction of sp³-hybridized carbons (Fsp3) is 0.600. The van der Waals surface area contributed by atoms with Crippen molar-refractivity contribution in [2.45, 2.75) is 49.7 Å². The topological polar surface area (TPSA) is 0 Å². The minimum Gasteiger partial charge on any atom is -0.122 e. The van der Waals surface area contributed by atoms with Gasteiger partial charge in [0.2, 0.25) is 0 Å². The summed E-state index contributed by atoms with van der Waals surface area (Å²) in [7, 11) is 0. The maximum atomic E-state index is 2.26. The van der Waals surface area contributed by atoms with Gasteiger partial charge in [0.15, 0.2) is 0 Å². The van der Waals surface area contributed by atoms with Crippen LogP contribution in [-0.2, 0) is 0 Å². The summed E-state index contributed by atoms with van der Waals surface area (Å²) in [6.45, 7) is 4.51. The molecule has 2 fully saturated rings. The van der Waals surface area contributed by atoms with Gasteiger partial charge in [0.1, 0.15) is 0 Å². The summed E-state index contributed by atoms with van der Waals surface area (Å²) in [4.78, 5) is 1.56. The van der Waals surface area contributed by atoms with E-state index in [0.29, 0.717) is 0 Å². The third-order valence-corrected chi connectivity index (χ3v) is 5.76. The first kappa shape index (κ1) is 10.7. The van der Waals surface area contributed by atoms with Crippen LogP contribution in [0.1, 0.15) is 36.8 Å². The van der Waals surface area contributed by atoms with Crippen LogP contribution in [0.2, 0.25) is 0 Å². The highest BCUT2D eigenvalue weighted by atomic mass is 32.2. The van der Waals surface area contributed by atoms with Gasteiger partial charge in [0, 0.05) is 10.1 Å². The molecule has 0 aliphatic heterocycles. The Kier molecular flexibility index (Phi) is 2.75. The Morgan fingerprint density at radius 2 is 1.50 bits per heavy atom. The minimum absolute atomic E-state index is 0.930. The van der Waals surface area contributed by atoms with Crippen molar-refractivity contribution in [2.24, 2.45) is 11.8 Å². The zero-order chi connectivity index (χ0) is 11.1. The van der Waals surface area contributed by atoms with E-state index >= 15 is 0 Å². The van der Waals surface area contributed by atoms with E-state index in [-0.39, 0.29) is 0 Å². The summed E-state index contributed by atoms with van der Waals surface area (Å²) in [5, 5.41) is 0.930. The molecule has 86 valence electrons. The average molecular weight is 232 g/mol. The molecule has 16 heavy (non-hydrogen) atoms. The van der Waals surface area contributed by atoms with Gasteiger partial charge in [-0.1, -0.05) is 18.2 Å². The highest BCUT2D eigenvalue weighted by molar-refractivity contribution is 8.00. The van der Waals surface area contributed by atoms with E-state index in [4.69, 9.17) is 0 Å². The van der Waals surface area contributed by atoms with Gasteiger partial charge >= 0.3 is 0 Å². The molecule has 1 aromatic carbocycles. The van der Waals surface area contributed by atoms with Crippen molar-refractivity contribution < 1.29 is 0 Å². The number of aryl methyl sites for hydroxylation is 2. The average Bonchev–Trinajstić information content (AvgIpc) is 3.12. The highest BCUT2D eigenvalue weighted by Crippen LogP contribution is 2.52. The monoisotopic (exact) mass is 232 g/mol. The molecule has 0 aromatic heterocycles. The van der Waals surface area contributed by atoms with Crippen molar-refractivity contribution in [3.8, 4) is 0 Å². The zero-order valence-electron chi connectivity index (χ0n) is 10.2. The number of hydrogen-bond acceptors (Lipinski definition) is 1. The Bertz CT molecular complexity index is 356. The summed E-state index contributed by atoms with van der Waals surface area (Å²) in [6.07, 6.45) is 5.94. The predicted molar refractivity (Wildman–Crippen MR) is 71.0 cm³/mol. The molecule has 0 spiro atoms. The molecule has 0 bridgehead atoms. The van der Waals surface area contributed by atoms with Crippen molar-refractivity contribution in [1.82, 2.24) is 0 Å². The lowest BCUT2D eigenvalue weighted by atomic mass is 10.2. The van der Waals surface area contributed by atoms with Gasteiger partial charge in [-0.3, -0.25) is 0 Å². The molecule has 0 amide bonds. The lowest BCUT2D eigenvalue weighted by Crippen LogP contribution is -2.08. The molecule has 0 unspecified atom stereocenters. The first-order chi connectivity index (χ1) is 7.75. The lowest BCUT2D eigenvalue weighted by Gasteiger charge is -2.18. The van der Waals surface area contributed by atoms with E-state index in [1.165, 1.54) is 36.8 Å². The molecule has 1 aromatic rings. The maximum Gasteiger partial charge on any atom is 0.0151 e. The van der Waals surface area contributed by atoms with Gasteiger partial charge in [-0.05, 0) is 62.5 Å². The van der Waals surface area contributed by atoms with Crippen LogP contribution in [0, 0.1) is 25.7 Å². The van der Waals surface area contributed by atoms with Gasteiger partial charge in [-0.25, -0.2) is 0 Å². The van der Waals surface area contributed by atoms with Crippen LogP contribution >= 0.6 is 11.8 Å². The van der Waals surface area contributed by atoms with Gasteiger partial charge in [-0.2, -0.15) is 0 Å². The number of rotatable bonds is 4. The van der Waals surface area contributed by atoms with Crippen molar-refractivity contribution in [1.29, 1.82) is 0 Å². The minimum atomic E-state index is 0.930. The fourth-order valence-electron chi connectivity index (χ4n) is 2.55. The highest BCUT2D eigenvalue weighted by Gasteiger charge is 2.42. The van der Waals surface area contributed by atoms with E-state index in [9.17, 15) is 0 Å². The fourth-order valence-corrected chi connectivity index (χ4v) is 4.26. The Morgan fingerprint density at radius 3 is 1.94 bits per heavy atom. The van der Waals surface area contributed by atoms with E-state index < -0.39 is 0 Å². The van der Waals surface area contributed by atoms with Crippen molar-refractivity contribution in [3.05, 3.63) is 29.3 Å². The van der Waals surface area contributed by atoms with Gasteiger partial charge in [-0.15, -0.1) is 11.8 Å². The standard InChI is InChI=1S/C15H20S/c1-10-4-3-5-11(2)14(10)16-15(12-6-7-12)13-8-9-13/h3-5,12-13,15H,6-9H2,1-2H3. The van der Waals surface area contributed by atoms with Crippen LogP contribution in [0.4, 0.5) is 0 Å². The first-order valence-corrected chi connectivity index (χ1v) is 7.36. The van der Waals surface area contributed by atoms with Crippen LogP contribution < -0.4 is 0 Å². The molecule has 0 radical (unpaired) electrons. The van der Waals surface area contributed by atoms with Crippen LogP contribution in [0.25, 0.3) is 0 Å². The number of benzene rings is 1. The number of hydrogen-bond donors (Lipinski definition) is 0. The molecule has 3 rings (SSSR count). The van der Waals surface area contributed by atoms with Crippen LogP contribution in [0.5, 0.6) is 0 Å². The van der Waals surface area contributed by atoms with Crippen LogP contribution in [0.3, 0.4) is 0 Å². The van der Waals surface area contributed by atoms with Gasteiger partial charge in [0.25, 0.3) is 0 Å². The van der Waals surface area contributed by atoms with E-state index in [0.717, 1.165) is 17.1 Å². The molecular formula is C15H20S. The normalized spacial score (nSPS) is 20.4. The third kappa shape index (κ3) is 2.15. The quantitative estimate of drug-likeness (QED) is 0.684.